The van der Waals surface area contributed by atoms with E-state index in [0.29, 0.717) is 18.2 Å². The molecule has 3 aromatic rings. The third kappa shape index (κ3) is 5.07. The normalized spacial score (nSPS) is 26.2. The van der Waals surface area contributed by atoms with Gasteiger partial charge >= 0.3 is 0 Å². The van der Waals surface area contributed by atoms with Gasteiger partial charge in [-0.25, -0.2) is 4.98 Å². The zero-order valence-corrected chi connectivity index (χ0v) is 21.4. The van der Waals surface area contributed by atoms with E-state index < -0.39 is 5.60 Å². The van der Waals surface area contributed by atoms with Crippen molar-refractivity contribution in [1.82, 2.24) is 24.8 Å². The molecule has 2 aliphatic carbocycles. The van der Waals surface area contributed by atoms with Crippen molar-refractivity contribution in [2.45, 2.75) is 69.1 Å². The molecule has 1 amide bonds. The summed E-state index contributed by atoms with van der Waals surface area (Å²) in [4.78, 5) is 25.2. The summed E-state index contributed by atoms with van der Waals surface area (Å²) in [6, 6.07) is 14.1. The Morgan fingerprint density at radius 1 is 1.11 bits per heavy atom. The number of benzene rings is 1. The number of imidazole rings is 1. The first-order valence-electron chi connectivity index (χ1n) is 13.9. The summed E-state index contributed by atoms with van der Waals surface area (Å²) in [5.41, 5.74) is 2.67. The highest BCUT2D eigenvalue weighted by atomic mass is 16.3. The predicted molar refractivity (Wildman–Crippen MR) is 143 cm³/mol. The van der Waals surface area contributed by atoms with Gasteiger partial charge in [-0.15, -0.1) is 0 Å². The van der Waals surface area contributed by atoms with Crippen LogP contribution < -0.4 is 5.32 Å². The van der Waals surface area contributed by atoms with Gasteiger partial charge in [-0.3, -0.25) is 9.78 Å². The minimum absolute atomic E-state index is 0.0284. The lowest BCUT2D eigenvalue weighted by atomic mass is 9.76. The molecule has 2 saturated carbocycles. The molecule has 37 heavy (non-hydrogen) atoms. The van der Waals surface area contributed by atoms with E-state index in [9.17, 15) is 9.90 Å². The molecule has 0 spiro atoms. The number of hydrogen-bond acceptors (Lipinski definition) is 5. The summed E-state index contributed by atoms with van der Waals surface area (Å²) in [6.45, 7) is 2.14. The monoisotopic (exact) mass is 499 g/mol. The van der Waals surface area contributed by atoms with Gasteiger partial charge in [0, 0.05) is 43.6 Å². The molecule has 1 aliphatic heterocycles. The number of carbonyl (C=O) groups excluding carboxylic acids is 1. The zero-order chi connectivity index (χ0) is 25.2. The lowest BCUT2D eigenvalue weighted by Gasteiger charge is -2.42. The Bertz CT molecular complexity index is 1210. The van der Waals surface area contributed by atoms with Gasteiger partial charge in [0.2, 0.25) is 0 Å². The van der Waals surface area contributed by atoms with Crippen molar-refractivity contribution in [3.05, 3.63) is 72.4 Å². The Morgan fingerprint density at radius 3 is 2.76 bits per heavy atom. The van der Waals surface area contributed by atoms with Gasteiger partial charge in [-0.1, -0.05) is 62.1 Å². The van der Waals surface area contributed by atoms with Crippen molar-refractivity contribution in [3.63, 3.8) is 0 Å². The number of amides is 1. The van der Waals surface area contributed by atoms with Crippen molar-refractivity contribution >= 4 is 5.91 Å². The van der Waals surface area contributed by atoms with Gasteiger partial charge in [-0.2, -0.15) is 0 Å². The molecule has 3 aliphatic rings. The van der Waals surface area contributed by atoms with Gasteiger partial charge < -0.3 is 19.9 Å². The molecule has 2 aromatic heterocycles. The summed E-state index contributed by atoms with van der Waals surface area (Å²) < 4.78 is 2.14. The van der Waals surface area contributed by atoms with Crippen LogP contribution >= 0.6 is 0 Å². The second kappa shape index (κ2) is 10.4. The predicted octanol–water partition coefficient (Wildman–Crippen LogP) is 4.25. The second-order valence-corrected chi connectivity index (χ2v) is 11.1. The maximum absolute atomic E-state index is 14.2. The van der Waals surface area contributed by atoms with Crippen LogP contribution in [0, 0.1) is 5.92 Å². The highest BCUT2D eigenvalue weighted by molar-refractivity contribution is 5.98. The molecule has 3 atom stereocenters. The molecule has 0 radical (unpaired) electrons. The quantitative estimate of drug-likeness (QED) is 0.508. The molecule has 2 N–H and O–H groups in total. The first-order chi connectivity index (χ1) is 18.1. The van der Waals surface area contributed by atoms with E-state index in [4.69, 9.17) is 4.98 Å². The number of aliphatic hydroxyl groups is 1. The third-order valence-corrected chi connectivity index (χ3v) is 8.48. The Morgan fingerprint density at radius 2 is 1.97 bits per heavy atom. The third-order valence-electron chi connectivity index (χ3n) is 8.48. The highest BCUT2D eigenvalue weighted by Gasteiger charge is 2.45. The SMILES string of the molecule is O=C(c1ncn([C@@H]2CCCC[C@@]2(O)CC2CC2)c1-c1ccccc1)N1CCNC[C@H]1Cc1cccnc1. The molecule has 0 unspecified atom stereocenters. The molecule has 3 fully saturated rings. The van der Waals surface area contributed by atoms with E-state index in [1.165, 1.54) is 12.8 Å². The molecular formula is C30H37N5O2. The Labute approximate surface area is 218 Å². The van der Waals surface area contributed by atoms with Crippen molar-refractivity contribution in [2.24, 2.45) is 5.92 Å². The topological polar surface area (TPSA) is 83.3 Å². The zero-order valence-electron chi connectivity index (χ0n) is 21.4. The van der Waals surface area contributed by atoms with Crippen molar-refractivity contribution in [3.8, 4) is 11.3 Å². The maximum Gasteiger partial charge on any atom is 0.275 e. The average molecular weight is 500 g/mol. The minimum Gasteiger partial charge on any atom is -0.388 e. The van der Waals surface area contributed by atoms with Gasteiger partial charge in [0.15, 0.2) is 5.69 Å². The summed E-state index contributed by atoms with van der Waals surface area (Å²) in [6.07, 6.45) is 13.4. The van der Waals surface area contributed by atoms with Gasteiger partial charge in [0.25, 0.3) is 5.91 Å². The molecule has 0 bridgehead atoms. The van der Waals surface area contributed by atoms with E-state index in [-0.39, 0.29) is 18.0 Å². The number of carbonyl (C=O) groups is 1. The van der Waals surface area contributed by atoms with Crippen LogP contribution in [0.5, 0.6) is 0 Å². The van der Waals surface area contributed by atoms with Crippen LogP contribution in [0.2, 0.25) is 0 Å². The van der Waals surface area contributed by atoms with E-state index in [1.54, 1.807) is 6.20 Å². The number of nitrogens with one attached hydrogen (secondary N) is 1. The summed E-state index contributed by atoms with van der Waals surface area (Å²) in [7, 11) is 0. The molecule has 7 heteroatoms. The Kier molecular flexibility index (Phi) is 6.82. The lowest BCUT2D eigenvalue weighted by molar-refractivity contribution is -0.0518. The summed E-state index contributed by atoms with van der Waals surface area (Å²) in [5, 5.41) is 15.4. The minimum atomic E-state index is -0.748. The molecule has 7 nitrogen and oxygen atoms in total. The Balaban J connectivity index is 1.37. The van der Waals surface area contributed by atoms with E-state index in [2.05, 4.69) is 33.1 Å². The fourth-order valence-corrected chi connectivity index (χ4v) is 6.44. The van der Waals surface area contributed by atoms with Crippen LogP contribution in [0.1, 0.15) is 67.0 Å². The second-order valence-electron chi connectivity index (χ2n) is 11.1. The summed E-state index contributed by atoms with van der Waals surface area (Å²) in [5.74, 6) is 0.596. The number of pyridine rings is 1. The first kappa shape index (κ1) is 24.3. The number of nitrogens with zero attached hydrogens (tertiary/aromatic N) is 4. The Hall–Kier alpha value is -3.03. The van der Waals surface area contributed by atoms with E-state index in [1.807, 2.05) is 41.7 Å². The van der Waals surface area contributed by atoms with Crippen LogP contribution in [0.25, 0.3) is 11.3 Å². The van der Waals surface area contributed by atoms with Crippen LogP contribution in [-0.4, -0.2) is 61.7 Å². The van der Waals surface area contributed by atoms with E-state index >= 15 is 0 Å². The molecule has 194 valence electrons. The van der Waals surface area contributed by atoms with Crippen molar-refractivity contribution in [1.29, 1.82) is 0 Å². The maximum atomic E-state index is 14.2. The molecule has 1 aromatic carbocycles. The average Bonchev–Trinajstić information content (AvgIpc) is 3.63. The van der Waals surface area contributed by atoms with Crippen LogP contribution in [0.15, 0.2) is 61.2 Å². The van der Waals surface area contributed by atoms with Gasteiger partial charge in [0.05, 0.1) is 23.7 Å². The molecule has 6 rings (SSSR count). The fraction of sp³-hybridized carbons (Fsp3) is 0.500. The van der Waals surface area contributed by atoms with Gasteiger partial charge in [0.1, 0.15) is 0 Å². The van der Waals surface area contributed by atoms with Crippen LogP contribution in [-0.2, 0) is 6.42 Å². The first-order valence-corrected chi connectivity index (χ1v) is 13.9. The molecular weight excluding hydrogens is 462 g/mol. The van der Waals surface area contributed by atoms with Crippen molar-refractivity contribution in [2.75, 3.05) is 19.6 Å². The highest BCUT2D eigenvalue weighted by Crippen LogP contribution is 2.48. The largest absolute Gasteiger partial charge is 0.388 e. The van der Waals surface area contributed by atoms with E-state index in [0.717, 1.165) is 68.4 Å². The number of aromatic nitrogens is 3. The van der Waals surface area contributed by atoms with Gasteiger partial charge in [-0.05, 0) is 43.2 Å². The number of hydrogen-bond donors (Lipinski definition) is 2. The molecule has 1 saturated heterocycles. The number of piperazine rings is 1. The standard InChI is InChI=1S/C30H37N5O2/c36-29(34-16-15-32-20-25(34)17-23-7-6-14-31-19-23)27-28(24-8-2-1-3-9-24)35(21-33-27)26-10-4-5-13-30(26,37)18-22-11-12-22/h1-3,6-9,14,19,21-22,25-26,32,37H,4-5,10-13,15-18,20H2/t25-,26-,30-/m1/s1. The summed E-state index contributed by atoms with van der Waals surface area (Å²) >= 11 is 0. The molecule has 3 heterocycles. The van der Waals surface area contributed by atoms with Crippen LogP contribution in [0.3, 0.4) is 0 Å². The fourth-order valence-electron chi connectivity index (χ4n) is 6.44. The van der Waals surface area contributed by atoms with Crippen LogP contribution in [0.4, 0.5) is 0 Å². The lowest BCUT2D eigenvalue weighted by Crippen LogP contribution is -2.54. The number of rotatable bonds is 7. The van der Waals surface area contributed by atoms with Crippen molar-refractivity contribution < 1.29 is 9.90 Å². The smallest absolute Gasteiger partial charge is 0.275 e.